The van der Waals surface area contributed by atoms with E-state index in [1.165, 1.54) is 17.9 Å². The number of hydrogen-bond donors (Lipinski definition) is 0. The minimum atomic E-state index is -0.977. The van der Waals surface area contributed by atoms with Crippen molar-refractivity contribution in [3.8, 4) is 0 Å². The third-order valence-corrected chi connectivity index (χ3v) is 4.88. The lowest BCUT2D eigenvalue weighted by atomic mass is 10.1. The predicted octanol–water partition coefficient (Wildman–Crippen LogP) is 3.07. The van der Waals surface area contributed by atoms with Gasteiger partial charge in [-0.2, -0.15) is 0 Å². The Bertz CT molecular complexity index is 972. The normalized spacial score (nSPS) is 17.1. The molecule has 0 spiro atoms. The van der Waals surface area contributed by atoms with Gasteiger partial charge in [-0.05, 0) is 19.9 Å². The molecule has 1 aliphatic heterocycles. The van der Waals surface area contributed by atoms with E-state index in [0.717, 1.165) is 0 Å². The molecular formula is C21H20N2O6. The number of nitro benzene ring substituents is 1. The molecule has 0 bridgehead atoms. The van der Waals surface area contributed by atoms with Crippen molar-refractivity contribution in [3.63, 3.8) is 0 Å². The van der Waals surface area contributed by atoms with E-state index in [0.29, 0.717) is 16.8 Å². The van der Waals surface area contributed by atoms with Crippen LogP contribution in [0, 0.1) is 23.0 Å². The van der Waals surface area contributed by atoms with Gasteiger partial charge >= 0.3 is 5.97 Å². The minimum absolute atomic E-state index is 0.0458. The van der Waals surface area contributed by atoms with Gasteiger partial charge < -0.3 is 9.64 Å². The maximum absolute atomic E-state index is 12.5. The molecule has 2 atom stereocenters. The summed E-state index contributed by atoms with van der Waals surface area (Å²) in [6.45, 7) is 3.15. The number of anilines is 1. The first-order valence-corrected chi connectivity index (χ1v) is 9.13. The first-order valence-electron chi connectivity index (χ1n) is 9.13. The van der Waals surface area contributed by atoms with Gasteiger partial charge in [0, 0.05) is 30.2 Å². The summed E-state index contributed by atoms with van der Waals surface area (Å²) in [6, 6.07) is 13.0. The predicted molar refractivity (Wildman–Crippen MR) is 105 cm³/mol. The van der Waals surface area contributed by atoms with Gasteiger partial charge in [-0.25, -0.2) is 0 Å². The highest BCUT2D eigenvalue weighted by Gasteiger charge is 2.38. The summed E-state index contributed by atoms with van der Waals surface area (Å²) < 4.78 is 5.29. The molecule has 2 aromatic rings. The van der Waals surface area contributed by atoms with Gasteiger partial charge in [0.1, 0.15) is 0 Å². The van der Waals surface area contributed by atoms with Crippen molar-refractivity contribution in [2.45, 2.75) is 26.4 Å². The third kappa shape index (κ3) is 4.31. The Balaban J connectivity index is 1.68. The molecule has 1 saturated heterocycles. The molecule has 3 rings (SSSR count). The van der Waals surface area contributed by atoms with Crippen LogP contribution in [0.4, 0.5) is 11.4 Å². The topological polar surface area (TPSA) is 107 Å². The Morgan fingerprint density at radius 3 is 2.55 bits per heavy atom. The van der Waals surface area contributed by atoms with Crippen LogP contribution in [0.3, 0.4) is 0 Å². The van der Waals surface area contributed by atoms with Crippen LogP contribution in [0.2, 0.25) is 0 Å². The molecule has 0 unspecified atom stereocenters. The number of ketones is 1. The SMILES string of the molecule is Cc1ccc(N2C[C@H](C(=O)O[C@H](C)C(=O)c3ccccc3)CC2=O)cc1[N+](=O)[O-]. The molecule has 0 aliphatic carbocycles. The zero-order valence-electron chi connectivity index (χ0n) is 16.0. The van der Waals surface area contributed by atoms with Crippen LogP contribution in [0.5, 0.6) is 0 Å². The van der Waals surface area contributed by atoms with E-state index in [1.807, 2.05) is 0 Å². The van der Waals surface area contributed by atoms with Crippen molar-refractivity contribution in [1.29, 1.82) is 0 Å². The van der Waals surface area contributed by atoms with Gasteiger partial charge in [-0.3, -0.25) is 24.5 Å². The quantitative estimate of drug-likeness (QED) is 0.321. The fraction of sp³-hybridized carbons (Fsp3) is 0.286. The molecule has 0 aromatic heterocycles. The van der Waals surface area contributed by atoms with Gasteiger partial charge in [0.25, 0.3) is 5.69 Å². The summed E-state index contributed by atoms with van der Waals surface area (Å²) in [5.41, 5.74) is 1.18. The van der Waals surface area contributed by atoms with Crippen molar-refractivity contribution < 1.29 is 24.0 Å². The average molecular weight is 396 g/mol. The summed E-state index contributed by atoms with van der Waals surface area (Å²) in [5, 5.41) is 11.1. The molecule has 150 valence electrons. The summed E-state index contributed by atoms with van der Waals surface area (Å²) in [4.78, 5) is 49.2. The molecule has 8 heteroatoms. The number of esters is 1. The van der Waals surface area contributed by atoms with Crippen molar-refractivity contribution >= 4 is 29.0 Å². The Hall–Kier alpha value is -3.55. The number of carbonyl (C=O) groups excluding carboxylic acids is 3. The fourth-order valence-electron chi connectivity index (χ4n) is 3.24. The van der Waals surface area contributed by atoms with Crippen molar-refractivity contribution in [1.82, 2.24) is 0 Å². The number of rotatable bonds is 6. The highest BCUT2D eigenvalue weighted by atomic mass is 16.6. The molecule has 0 saturated carbocycles. The Labute approximate surface area is 167 Å². The standard InChI is InChI=1S/C21H20N2O6/c1-13-8-9-17(11-18(13)23(27)28)22-12-16(10-19(22)24)21(26)29-14(2)20(25)15-6-4-3-5-7-15/h3-9,11,14,16H,10,12H2,1-2H3/t14-,16-/m1/s1. The maximum atomic E-state index is 12.5. The van der Waals surface area contributed by atoms with Gasteiger partial charge in [-0.15, -0.1) is 0 Å². The second kappa shape index (κ2) is 8.22. The van der Waals surface area contributed by atoms with Crippen LogP contribution in [-0.4, -0.2) is 35.2 Å². The highest BCUT2D eigenvalue weighted by molar-refractivity contribution is 6.02. The van der Waals surface area contributed by atoms with E-state index >= 15 is 0 Å². The van der Waals surface area contributed by atoms with Crippen LogP contribution in [-0.2, 0) is 14.3 Å². The van der Waals surface area contributed by atoms with Crippen LogP contribution < -0.4 is 4.90 Å². The Morgan fingerprint density at radius 2 is 1.90 bits per heavy atom. The van der Waals surface area contributed by atoms with Crippen molar-refractivity contribution in [2.75, 3.05) is 11.4 Å². The van der Waals surface area contributed by atoms with Crippen molar-refractivity contribution in [2.24, 2.45) is 5.92 Å². The second-order valence-electron chi connectivity index (χ2n) is 6.94. The summed E-state index contributed by atoms with van der Waals surface area (Å²) in [6.07, 6.45) is -1.05. The maximum Gasteiger partial charge on any atom is 0.312 e. The first-order chi connectivity index (χ1) is 13.8. The van der Waals surface area contributed by atoms with Crippen LogP contribution in [0.15, 0.2) is 48.5 Å². The van der Waals surface area contributed by atoms with Crippen molar-refractivity contribution in [3.05, 3.63) is 69.8 Å². The van der Waals surface area contributed by atoms with Gasteiger partial charge in [0.2, 0.25) is 11.7 Å². The number of ether oxygens (including phenoxy) is 1. The smallest absolute Gasteiger partial charge is 0.312 e. The molecular weight excluding hydrogens is 376 g/mol. The molecule has 1 heterocycles. The third-order valence-electron chi connectivity index (χ3n) is 4.88. The molecule has 0 N–H and O–H groups in total. The lowest BCUT2D eigenvalue weighted by molar-refractivity contribution is -0.385. The first kappa shape index (κ1) is 20.2. The van der Waals surface area contributed by atoms with Gasteiger partial charge in [0.15, 0.2) is 6.10 Å². The minimum Gasteiger partial charge on any atom is -0.454 e. The van der Waals surface area contributed by atoms with Gasteiger partial charge in [0.05, 0.1) is 16.5 Å². The number of nitrogens with zero attached hydrogens (tertiary/aromatic N) is 2. The Morgan fingerprint density at radius 1 is 1.21 bits per heavy atom. The molecule has 1 amide bonds. The number of amides is 1. The number of Topliss-reactive ketones (excluding diaryl/α,β-unsaturated/α-hetero) is 1. The lowest BCUT2D eigenvalue weighted by Gasteiger charge is -2.18. The summed E-state index contributed by atoms with van der Waals surface area (Å²) in [5.74, 6) is -2.03. The molecule has 1 fully saturated rings. The summed E-state index contributed by atoms with van der Waals surface area (Å²) in [7, 11) is 0. The van der Waals surface area contributed by atoms with E-state index in [9.17, 15) is 24.5 Å². The Kier molecular flexibility index (Phi) is 5.72. The fourth-order valence-corrected chi connectivity index (χ4v) is 3.24. The van der Waals surface area contributed by atoms with E-state index in [-0.39, 0.29) is 30.3 Å². The number of hydrogen-bond acceptors (Lipinski definition) is 6. The van der Waals surface area contributed by atoms with E-state index < -0.39 is 22.9 Å². The van der Waals surface area contributed by atoms with E-state index in [2.05, 4.69) is 0 Å². The van der Waals surface area contributed by atoms with E-state index in [1.54, 1.807) is 49.4 Å². The zero-order chi connectivity index (χ0) is 21.1. The second-order valence-corrected chi connectivity index (χ2v) is 6.94. The van der Waals surface area contributed by atoms with Crippen LogP contribution >= 0.6 is 0 Å². The lowest BCUT2D eigenvalue weighted by Crippen LogP contribution is -2.30. The molecule has 1 aliphatic rings. The van der Waals surface area contributed by atoms with Gasteiger partial charge in [-0.1, -0.05) is 36.4 Å². The zero-order valence-corrected chi connectivity index (χ0v) is 16.0. The average Bonchev–Trinajstić information content (AvgIpc) is 3.10. The number of aryl methyl sites for hydroxylation is 1. The number of benzene rings is 2. The highest BCUT2D eigenvalue weighted by Crippen LogP contribution is 2.30. The molecule has 0 radical (unpaired) electrons. The van der Waals surface area contributed by atoms with Crippen LogP contribution in [0.1, 0.15) is 29.3 Å². The number of carbonyl (C=O) groups is 3. The molecule has 29 heavy (non-hydrogen) atoms. The largest absolute Gasteiger partial charge is 0.454 e. The molecule has 8 nitrogen and oxygen atoms in total. The molecule has 2 aromatic carbocycles. The van der Waals surface area contributed by atoms with E-state index in [4.69, 9.17) is 4.74 Å². The van der Waals surface area contributed by atoms with Crippen LogP contribution in [0.25, 0.3) is 0 Å². The summed E-state index contributed by atoms with van der Waals surface area (Å²) >= 11 is 0. The monoisotopic (exact) mass is 396 g/mol. The number of nitro groups is 1.